The smallest absolute Gasteiger partial charge is 0.303 e. The van der Waals surface area contributed by atoms with Gasteiger partial charge in [-0.2, -0.15) is 0 Å². The van der Waals surface area contributed by atoms with Gasteiger partial charge in [0.1, 0.15) is 0 Å². The Kier molecular flexibility index (Phi) is 9.76. The Morgan fingerprint density at radius 2 is 1.65 bits per heavy atom. The van der Waals surface area contributed by atoms with Crippen LogP contribution in [0.2, 0.25) is 0 Å². The summed E-state index contributed by atoms with van der Waals surface area (Å²) in [6, 6.07) is 0. The molecule has 0 saturated carbocycles. The minimum Gasteiger partial charge on any atom is -0.481 e. The standard InChI is InChI=1S/C18H30O5/c1-2-3-5-8-14-9-6-4-7-10-15(23-14)13-17(20)16(19)11-12-18(21)22/h14-15H,2-13H2,1H3,(H,21,22)/t14-,15+/m1/s1. The van der Waals surface area contributed by atoms with E-state index in [1.165, 1.54) is 12.8 Å². The summed E-state index contributed by atoms with van der Waals surface area (Å²) in [5.74, 6) is -2.12. The van der Waals surface area contributed by atoms with Crippen molar-refractivity contribution in [3.63, 3.8) is 0 Å². The number of carbonyl (C=O) groups excluding carboxylic acids is 2. The number of ketones is 2. The fourth-order valence-corrected chi connectivity index (χ4v) is 2.99. The molecule has 5 heteroatoms. The zero-order valence-corrected chi connectivity index (χ0v) is 14.2. The van der Waals surface area contributed by atoms with Crippen LogP contribution >= 0.6 is 0 Å². The molecule has 1 saturated heterocycles. The van der Waals surface area contributed by atoms with Crippen LogP contribution in [0.15, 0.2) is 0 Å². The van der Waals surface area contributed by atoms with E-state index in [2.05, 4.69) is 6.92 Å². The van der Waals surface area contributed by atoms with Crippen LogP contribution in [-0.4, -0.2) is 34.9 Å². The average molecular weight is 326 g/mol. The van der Waals surface area contributed by atoms with Crippen molar-refractivity contribution >= 4 is 17.5 Å². The van der Waals surface area contributed by atoms with Crippen molar-refractivity contribution < 1.29 is 24.2 Å². The second-order valence-electron chi connectivity index (χ2n) is 6.46. The minimum atomic E-state index is -1.05. The SMILES string of the molecule is CCCCC[C@@H]1CCCCC[C@@H](CC(=O)C(=O)CCC(=O)O)O1. The Morgan fingerprint density at radius 3 is 2.30 bits per heavy atom. The maximum absolute atomic E-state index is 12.0. The van der Waals surface area contributed by atoms with Gasteiger partial charge in [-0.15, -0.1) is 0 Å². The van der Waals surface area contributed by atoms with Crippen molar-refractivity contribution in [3.05, 3.63) is 0 Å². The summed E-state index contributed by atoms with van der Waals surface area (Å²) in [5, 5.41) is 8.58. The zero-order chi connectivity index (χ0) is 17.1. The number of aliphatic carboxylic acids is 1. The van der Waals surface area contributed by atoms with Crippen LogP contribution in [-0.2, 0) is 19.1 Å². The summed E-state index contributed by atoms with van der Waals surface area (Å²) in [7, 11) is 0. The van der Waals surface area contributed by atoms with Gasteiger partial charge in [-0.3, -0.25) is 14.4 Å². The van der Waals surface area contributed by atoms with Crippen LogP contribution in [0.1, 0.15) is 84.0 Å². The van der Waals surface area contributed by atoms with E-state index in [4.69, 9.17) is 9.84 Å². The average Bonchev–Trinajstić information content (AvgIpc) is 2.48. The van der Waals surface area contributed by atoms with E-state index in [1.807, 2.05) is 0 Å². The first kappa shape index (κ1) is 19.8. The molecule has 0 unspecified atom stereocenters. The molecule has 0 aromatic rings. The molecule has 0 radical (unpaired) electrons. The van der Waals surface area contributed by atoms with Gasteiger partial charge in [-0.25, -0.2) is 0 Å². The Balaban J connectivity index is 2.45. The van der Waals surface area contributed by atoms with E-state index in [0.717, 1.165) is 44.9 Å². The first-order valence-electron chi connectivity index (χ1n) is 8.96. The van der Waals surface area contributed by atoms with Crippen LogP contribution in [0.5, 0.6) is 0 Å². The lowest BCUT2D eigenvalue weighted by atomic mass is 9.97. The number of hydrogen-bond donors (Lipinski definition) is 1. The van der Waals surface area contributed by atoms with E-state index < -0.39 is 17.5 Å². The minimum absolute atomic E-state index is 0.0999. The first-order chi connectivity index (χ1) is 11.0. The van der Waals surface area contributed by atoms with Crippen LogP contribution in [0.4, 0.5) is 0 Å². The third kappa shape index (κ3) is 8.84. The van der Waals surface area contributed by atoms with E-state index in [0.29, 0.717) is 0 Å². The maximum Gasteiger partial charge on any atom is 0.303 e. The molecule has 0 aliphatic carbocycles. The van der Waals surface area contributed by atoms with Gasteiger partial charge < -0.3 is 9.84 Å². The van der Waals surface area contributed by atoms with Crippen LogP contribution in [0, 0.1) is 0 Å². The topological polar surface area (TPSA) is 80.7 Å². The number of ether oxygens (including phenoxy) is 1. The molecule has 1 heterocycles. The molecule has 5 nitrogen and oxygen atoms in total. The van der Waals surface area contributed by atoms with Gasteiger partial charge in [-0.1, -0.05) is 45.4 Å². The van der Waals surface area contributed by atoms with Crippen LogP contribution < -0.4 is 0 Å². The van der Waals surface area contributed by atoms with E-state index >= 15 is 0 Å². The second-order valence-corrected chi connectivity index (χ2v) is 6.46. The van der Waals surface area contributed by atoms with Crippen molar-refractivity contribution in [2.75, 3.05) is 0 Å². The van der Waals surface area contributed by atoms with Crippen molar-refractivity contribution in [2.24, 2.45) is 0 Å². The first-order valence-corrected chi connectivity index (χ1v) is 8.96. The van der Waals surface area contributed by atoms with E-state index in [1.54, 1.807) is 0 Å². The number of carbonyl (C=O) groups is 3. The molecule has 1 N–H and O–H groups in total. The van der Waals surface area contributed by atoms with Crippen molar-refractivity contribution in [1.29, 1.82) is 0 Å². The lowest BCUT2D eigenvalue weighted by molar-refractivity contribution is -0.142. The molecule has 23 heavy (non-hydrogen) atoms. The molecule has 0 bridgehead atoms. The van der Waals surface area contributed by atoms with Gasteiger partial charge >= 0.3 is 5.97 Å². The molecule has 1 rings (SSSR count). The summed E-state index contributed by atoms with van der Waals surface area (Å²) in [6.07, 6.45) is 9.29. The largest absolute Gasteiger partial charge is 0.481 e. The fourth-order valence-electron chi connectivity index (χ4n) is 2.99. The Morgan fingerprint density at radius 1 is 0.957 bits per heavy atom. The number of carboxylic acids is 1. The predicted molar refractivity (Wildman–Crippen MR) is 87.4 cm³/mol. The monoisotopic (exact) mass is 326 g/mol. The second kappa shape index (κ2) is 11.3. The summed E-state index contributed by atoms with van der Waals surface area (Å²) < 4.78 is 6.10. The quantitative estimate of drug-likeness (QED) is 0.489. The number of carboxylic acid groups (broad SMARTS) is 1. The normalized spacial score (nSPS) is 22.1. The highest BCUT2D eigenvalue weighted by Crippen LogP contribution is 2.23. The highest BCUT2D eigenvalue weighted by Gasteiger charge is 2.24. The zero-order valence-electron chi connectivity index (χ0n) is 14.2. The molecule has 0 spiro atoms. The molecule has 132 valence electrons. The van der Waals surface area contributed by atoms with Crippen molar-refractivity contribution in [3.8, 4) is 0 Å². The van der Waals surface area contributed by atoms with Crippen molar-refractivity contribution in [2.45, 2.75) is 96.2 Å². The number of hydrogen-bond acceptors (Lipinski definition) is 4. The molecule has 0 amide bonds. The van der Waals surface area contributed by atoms with Crippen LogP contribution in [0.3, 0.4) is 0 Å². The summed E-state index contributed by atoms with van der Waals surface area (Å²) in [6.45, 7) is 2.17. The molecular formula is C18H30O5. The number of unbranched alkanes of at least 4 members (excludes halogenated alkanes) is 2. The lowest BCUT2D eigenvalue weighted by Gasteiger charge is -2.27. The van der Waals surface area contributed by atoms with Gasteiger partial charge in [0.2, 0.25) is 5.78 Å². The molecule has 1 aliphatic heterocycles. The Labute approximate surface area is 138 Å². The molecular weight excluding hydrogens is 296 g/mol. The van der Waals surface area contributed by atoms with Gasteiger partial charge in [0.25, 0.3) is 0 Å². The molecule has 2 atom stereocenters. The molecule has 1 aliphatic rings. The van der Waals surface area contributed by atoms with Gasteiger partial charge in [0.05, 0.1) is 18.6 Å². The maximum atomic E-state index is 12.0. The highest BCUT2D eigenvalue weighted by atomic mass is 16.5. The lowest BCUT2D eigenvalue weighted by Crippen LogP contribution is -2.29. The summed E-state index contributed by atoms with van der Waals surface area (Å²) in [5.41, 5.74) is 0. The molecule has 0 aromatic carbocycles. The molecule has 0 aromatic heterocycles. The number of Topliss-reactive ketones (excluding diaryl/α,β-unsaturated/α-hetero) is 2. The number of rotatable bonds is 10. The van der Waals surface area contributed by atoms with E-state index in [-0.39, 0.29) is 31.5 Å². The molecule has 1 fully saturated rings. The van der Waals surface area contributed by atoms with Gasteiger partial charge in [-0.05, 0) is 19.3 Å². The Bertz CT molecular complexity index is 391. The van der Waals surface area contributed by atoms with Crippen LogP contribution in [0.25, 0.3) is 0 Å². The van der Waals surface area contributed by atoms with Gasteiger partial charge in [0.15, 0.2) is 5.78 Å². The summed E-state index contributed by atoms with van der Waals surface area (Å²) >= 11 is 0. The van der Waals surface area contributed by atoms with E-state index in [9.17, 15) is 14.4 Å². The third-order valence-electron chi connectivity index (χ3n) is 4.36. The van der Waals surface area contributed by atoms with Crippen molar-refractivity contribution in [1.82, 2.24) is 0 Å². The summed E-state index contributed by atoms with van der Waals surface area (Å²) in [4.78, 5) is 34.1. The van der Waals surface area contributed by atoms with Gasteiger partial charge in [0, 0.05) is 12.8 Å². The fraction of sp³-hybridized carbons (Fsp3) is 0.833. The third-order valence-corrected chi connectivity index (χ3v) is 4.36. The highest BCUT2D eigenvalue weighted by molar-refractivity contribution is 6.37. The Hall–Kier alpha value is -1.23. The predicted octanol–water partition coefficient (Wildman–Crippen LogP) is 3.68.